The molecule has 0 aliphatic carbocycles. The van der Waals surface area contributed by atoms with E-state index in [1.807, 2.05) is 24.3 Å². The Bertz CT molecular complexity index is 602. The van der Waals surface area contributed by atoms with E-state index in [9.17, 15) is 4.79 Å². The Balaban J connectivity index is 1.71. The first-order valence-corrected chi connectivity index (χ1v) is 7.37. The van der Waals surface area contributed by atoms with Crippen LogP contribution in [0.5, 0.6) is 5.75 Å². The molecule has 21 heavy (non-hydrogen) atoms. The molecule has 1 aromatic carbocycles. The predicted octanol–water partition coefficient (Wildman–Crippen LogP) is 0.846. The number of benzene rings is 1. The maximum absolute atomic E-state index is 11.7. The van der Waals surface area contributed by atoms with Gasteiger partial charge in [0.25, 0.3) is 0 Å². The summed E-state index contributed by atoms with van der Waals surface area (Å²) in [4.78, 5) is 15.6. The van der Waals surface area contributed by atoms with Gasteiger partial charge >= 0.3 is 0 Å². The molecule has 4 N–H and O–H groups in total. The number of amides is 1. The van der Waals surface area contributed by atoms with E-state index >= 15 is 0 Å². The SMILES string of the molecule is COc1ccccc1CCNC(=O)CSc1n[nH]c(N)n1. The highest BCUT2D eigenvalue weighted by Crippen LogP contribution is 2.17. The first kappa shape index (κ1) is 15.2. The number of nitrogens with one attached hydrogen (secondary N) is 2. The number of nitrogens with two attached hydrogens (primary N) is 1. The van der Waals surface area contributed by atoms with E-state index < -0.39 is 0 Å². The Morgan fingerprint density at radius 3 is 3.00 bits per heavy atom. The van der Waals surface area contributed by atoms with Crippen molar-refractivity contribution < 1.29 is 9.53 Å². The summed E-state index contributed by atoms with van der Waals surface area (Å²) in [5.74, 6) is 1.26. The van der Waals surface area contributed by atoms with Crippen LogP contribution in [0.3, 0.4) is 0 Å². The van der Waals surface area contributed by atoms with Crippen molar-refractivity contribution in [3.63, 3.8) is 0 Å². The number of rotatable bonds is 7. The number of nitrogens with zero attached hydrogens (tertiary/aromatic N) is 2. The molecule has 0 fully saturated rings. The molecule has 0 unspecified atom stereocenters. The summed E-state index contributed by atoms with van der Waals surface area (Å²) in [6.45, 7) is 0.551. The monoisotopic (exact) mass is 307 g/mol. The molecular weight excluding hydrogens is 290 g/mol. The number of aromatic nitrogens is 3. The lowest BCUT2D eigenvalue weighted by Gasteiger charge is -2.08. The Hall–Kier alpha value is -2.22. The Morgan fingerprint density at radius 2 is 2.29 bits per heavy atom. The van der Waals surface area contributed by atoms with Crippen LogP contribution in [0.2, 0.25) is 0 Å². The number of aromatic amines is 1. The van der Waals surface area contributed by atoms with Gasteiger partial charge in [-0.2, -0.15) is 4.98 Å². The number of nitrogen functional groups attached to an aromatic ring is 1. The average molecular weight is 307 g/mol. The number of thioether (sulfide) groups is 1. The Labute approximate surface area is 126 Å². The molecule has 1 heterocycles. The summed E-state index contributed by atoms with van der Waals surface area (Å²) in [5, 5.41) is 9.68. The van der Waals surface area contributed by atoms with Crippen LogP contribution in [-0.2, 0) is 11.2 Å². The third-order valence-corrected chi connectivity index (χ3v) is 3.57. The van der Waals surface area contributed by atoms with Crippen molar-refractivity contribution in [1.29, 1.82) is 0 Å². The standard InChI is InChI=1S/C13H17N5O2S/c1-20-10-5-3-2-4-9(10)6-7-15-11(19)8-21-13-16-12(14)17-18-13/h2-5H,6-8H2,1H3,(H,15,19)(H3,14,16,17,18). The van der Waals surface area contributed by atoms with Crippen molar-refractivity contribution >= 4 is 23.6 Å². The van der Waals surface area contributed by atoms with E-state index in [4.69, 9.17) is 10.5 Å². The second kappa shape index (κ2) is 7.53. The van der Waals surface area contributed by atoms with Crippen LogP contribution in [-0.4, -0.2) is 40.5 Å². The highest BCUT2D eigenvalue weighted by atomic mass is 32.2. The molecule has 0 aliphatic rings. The van der Waals surface area contributed by atoms with Crippen LogP contribution in [0.4, 0.5) is 5.95 Å². The van der Waals surface area contributed by atoms with Crippen molar-refractivity contribution in [1.82, 2.24) is 20.5 Å². The second-order valence-corrected chi connectivity index (χ2v) is 5.15. The van der Waals surface area contributed by atoms with Gasteiger partial charge < -0.3 is 15.8 Å². The van der Waals surface area contributed by atoms with E-state index in [1.165, 1.54) is 11.8 Å². The van der Waals surface area contributed by atoms with Gasteiger partial charge in [0.1, 0.15) is 5.75 Å². The fraction of sp³-hybridized carbons (Fsp3) is 0.308. The molecule has 0 bridgehead atoms. The molecule has 0 radical (unpaired) electrons. The number of carbonyl (C=O) groups is 1. The van der Waals surface area contributed by atoms with Crippen molar-refractivity contribution in [3.05, 3.63) is 29.8 Å². The lowest BCUT2D eigenvalue weighted by molar-refractivity contribution is -0.118. The number of H-pyrrole nitrogens is 1. The summed E-state index contributed by atoms with van der Waals surface area (Å²) >= 11 is 1.23. The summed E-state index contributed by atoms with van der Waals surface area (Å²) in [5.41, 5.74) is 6.47. The molecule has 112 valence electrons. The van der Waals surface area contributed by atoms with Gasteiger partial charge in [-0.25, -0.2) is 5.10 Å². The highest BCUT2D eigenvalue weighted by molar-refractivity contribution is 7.99. The zero-order valence-electron chi connectivity index (χ0n) is 11.6. The molecule has 1 aromatic heterocycles. The maximum atomic E-state index is 11.7. The molecule has 0 aliphatic heterocycles. The number of ether oxygens (including phenoxy) is 1. The highest BCUT2D eigenvalue weighted by Gasteiger charge is 2.07. The average Bonchev–Trinajstić information content (AvgIpc) is 2.91. The van der Waals surface area contributed by atoms with E-state index in [0.29, 0.717) is 18.1 Å². The minimum Gasteiger partial charge on any atom is -0.496 e. The molecule has 7 nitrogen and oxygen atoms in total. The summed E-state index contributed by atoms with van der Waals surface area (Å²) < 4.78 is 5.26. The fourth-order valence-corrected chi connectivity index (χ4v) is 2.39. The molecule has 0 saturated carbocycles. The van der Waals surface area contributed by atoms with Crippen LogP contribution in [0.15, 0.2) is 29.4 Å². The van der Waals surface area contributed by atoms with Crippen LogP contribution < -0.4 is 15.8 Å². The quantitative estimate of drug-likeness (QED) is 0.655. The van der Waals surface area contributed by atoms with Gasteiger partial charge in [0.2, 0.25) is 17.0 Å². The molecular formula is C13H17N5O2S. The molecule has 1 amide bonds. The topological polar surface area (TPSA) is 106 Å². The van der Waals surface area contributed by atoms with Crippen LogP contribution in [0, 0.1) is 0 Å². The third-order valence-electron chi connectivity index (χ3n) is 2.72. The van der Waals surface area contributed by atoms with Crippen molar-refractivity contribution in [2.75, 3.05) is 25.1 Å². The van der Waals surface area contributed by atoms with Crippen molar-refractivity contribution in [3.8, 4) is 5.75 Å². The van der Waals surface area contributed by atoms with Gasteiger partial charge in [0.15, 0.2) is 0 Å². The summed E-state index contributed by atoms with van der Waals surface area (Å²) in [6, 6.07) is 7.75. The van der Waals surface area contributed by atoms with Crippen LogP contribution >= 0.6 is 11.8 Å². The Kier molecular flexibility index (Phi) is 5.44. The Morgan fingerprint density at radius 1 is 1.48 bits per heavy atom. The molecule has 2 rings (SSSR count). The number of hydrogen-bond donors (Lipinski definition) is 3. The number of para-hydroxylation sites is 1. The van der Waals surface area contributed by atoms with Crippen molar-refractivity contribution in [2.24, 2.45) is 0 Å². The van der Waals surface area contributed by atoms with Gasteiger partial charge in [0.05, 0.1) is 12.9 Å². The minimum absolute atomic E-state index is 0.0710. The molecule has 0 atom stereocenters. The number of hydrogen-bond acceptors (Lipinski definition) is 6. The van der Waals surface area contributed by atoms with E-state index in [0.717, 1.165) is 11.3 Å². The third kappa shape index (κ3) is 4.67. The zero-order chi connectivity index (χ0) is 15.1. The number of anilines is 1. The number of carbonyl (C=O) groups excluding carboxylic acids is 1. The van der Waals surface area contributed by atoms with Crippen LogP contribution in [0.1, 0.15) is 5.56 Å². The van der Waals surface area contributed by atoms with Gasteiger partial charge in [-0.15, -0.1) is 5.10 Å². The second-order valence-electron chi connectivity index (χ2n) is 4.20. The van der Waals surface area contributed by atoms with E-state index in [2.05, 4.69) is 20.5 Å². The minimum atomic E-state index is -0.0710. The first-order chi connectivity index (χ1) is 10.2. The maximum Gasteiger partial charge on any atom is 0.230 e. The van der Waals surface area contributed by atoms with E-state index in [-0.39, 0.29) is 17.6 Å². The largest absolute Gasteiger partial charge is 0.496 e. The molecule has 2 aromatic rings. The van der Waals surface area contributed by atoms with E-state index in [1.54, 1.807) is 7.11 Å². The lowest BCUT2D eigenvalue weighted by Crippen LogP contribution is -2.27. The zero-order valence-corrected chi connectivity index (χ0v) is 12.4. The molecule has 0 saturated heterocycles. The summed E-state index contributed by atoms with van der Waals surface area (Å²) in [7, 11) is 1.64. The predicted molar refractivity (Wildman–Crippen MR) is 81.2 cm³/mol. The summed E-state index contributed by atoms with van der Waals surface area (Å²) in [6.07, 6.45) is 0.716. The normalized spacial score (nSPS) is 10.3. The van der Waals surface area contributed by atoms with Gasteiger partial charge in [-0.1, -0.05) is 30.0 Å². The molecule has 0 spiro atoms. The smallest absolute Gasteiger partial charge is 0.230 e. The van der Waals surface area contributed by atoms with Crippen molar-refractivity contribution in [2.45, 2.75) is 11.6 Å². The number of methoxy groups -OCH3 is 1. The molecule has 8 heteroatoms. The van der Waals surface area contributed by atoms with Gasteiger partial charge in [-0.3, -0.25) is 4.79 Å². The van der Waals surface area contributed by atoms with Gasteiger partial charge in [-0.05, 0) is 18.1 Å². The fourth-order valence-electron chi connectivity index (χ4n) is 1.75. The van der Waals surface area contributed by atoms with Crippen LogP contribution in [0.25, 0.3) is 0 Å². The lowest BCUT2D eigenvalue weighted by atomic mass is 10.1. The first-order valence-electron chi connectivity index (χ1n) is 6.38. The van der Waals surface area contributed by atoms with Gasteiger partial charge in [0, 0.05) is 6.54 Å².